The van der Waals surface area contributed by atoms with Crippen LogP contribution in [0.2, 0.25) is 5.02 Å². The summed E-state index contributed by atoms with van der Waals surface area (Å²) in [5.41, 5.74) is 1.31. The first-order valence-electron chi connectivity index (χ1n) is 9.37. The molecule has 0 aliphatic carbocycles. The van der Waals surface area contributed by atoms with Gasteiger partial charge in [0, 0.05) is 22.8 Å². The highest BCUT2D eigenvalue weighted by molar-refractivity contribution is 7.99. The molecule has 0 aliphatic rings. The number of benzene rings is 2. The van der Waals surface area contributed by atoms with Gasteiger partial charge in [-0.2, -0.15) is 0 Å². The van der Waals surface area contributed by atoms with Gasteiger partial charge in [-0.05, 0) is 51.4 Å². The monoisotopic (exact) mass is 447 g/mol. The molecule has 158 valence electrons. The van der Waals surface area contributed by atoms with E-state index in [-0.39, 0.29) is 30.1 Å². The normalized spacial score (nSPS) is 12.2. The molecule has 0 spiro atoms. The molecule has 3 aromatic rings. The maximum absolute atomic E-state index is 13.7. The minimum atomic E-state index is -0.338. The summed E-state index contributed by atoms with van der Waals surface area (Å²) >= 11 is 7.31. The molecule has 6 nitrogen and oxygen atoms in total. The smallest absolute Gasteiger partial charge is 0.230 e. The largest absolute Gasteiger partial charge is 0.351 e. The zero-order valence-electron chi connectivity index (χ0n) is 17.0. The number of carbonyl (C=O) groups is 1. The summed E-state index contributed by atoms with van der Waals surface area (Å²) in [6.07, 6.45) is 0. The number of carbonyl (C=O) groups excluding carboxylic acids is 1. The molecule has 1 aromatic heterocycles. The molecule has 1 N–H and O–H groups in total. The lowest BCUT2D eigenvalue weighted by molar-refractivity contribution is -0.118. The summed E-state index contributed by atoms with van der Waals surface area (Å²) in [7, 11) is 3.93. The Morgan fingerprint density at radius 3 is 2.57 bits per heavy atom. The van der Waals surface area contributed by atoms with E-state index in [0.717, 1.165) is 11.5 Å². The molecule has 0 fully saturated rings. The molecule has 1 unspecified atom stereocenters. The van der Waals surface area contributed by atoms with Crippen LogP contribution in [0.1, 0.15) is 24.4 Å². The fourth-order valence-electron chi connectivity index (χ4n) is 2.73. The molecule has 1 atom stereocenters. The summed E-state index contributed by atoms with van der Waals surface area (Å²) in [5.74, 6) is 0.347. The average molecular weight is 448 g/mol. The summed E-state index contributed by atoms with van der Waals surface area (Å²) in [6, 6.07) is 13.8. The van der Waals surface area contributed by atoms with Gasteiger partial charge < -0.3 is 5.32 Å². The number of halogens is 2. The molecule has 2 aromatic carbocycles. The van der Waals surface area contributed by atoms with Gasteiger partial charge in [-0.1, -0.05) is 41.6 Å². The van der Waals surface area contributed by atoms with Gasteiger partial charge in [-0.3, -0.25) is 14.3 Å². The van der Waals surface area contributed by atoms with Crippen molar-refractivity contribution in [3.63, 3.8) is 0 Å². The van der Waals surface area contributed by atoms with Crippen molar-refractivity contribution < 1.29 is 9.18 Å². The van der Waals surface area contributed by atoms with Gasteiger partial charge in [0.05, 0.1) is 11.8 Å². The number of amides is 1. The first-order valence-corrected chi connectivity index (χ1v) is 10.7. The third-order valence-electron chi connectivity index (χ3n) is 4.66. The highest BCUT2D eigenvalue weighted by atomic mass is 35.5. The standard InChI is InChI=1S/C21H23ClFN5OS/c1-14(27(2)3)20-25-26-21(28(20)17-10-8-16(22)9-11-17)30-13-19(29)24-12-15-6-4-5-7-18(15)23/h4-11,14H,12-13H2,1-3H3,(H,24,29). The maximum atomic E-state index is 13.7. The van der Waals surface area contributed by atoms with Crippen molar-refractivity contribution in [2.75, 3.05) is 19.8 Å². The predicted molar refractivity (Wildman–Crippen MR) is 117 cm³/mol. The van der Waals surface area contributed by atoms with Crippen molar-refractivity contribution in [1.82, 2.24) is 25.0 Å². The topological polar surface area (TPSA) is 63.1 Å². The number of rotatable bonds is 8. The van der Waals surface area contributed by atoms with E-state index in [2.05, 4.69) is 15.5 Å². The Hall–Kier alpha value is -2.42. The first kappa shape index (κ1) is 22.3. The second-order valence-corrected chi connectivity index (χ2v) is 8.33. The van der Waals surface area contributed by atoms with Crippen LogP contribution >= 0.6 is 23.4 Å². The van der Waals surface area contributed by atoms with E-state index in [0.29, 0.717) is 15.7 Å². The van der Waals surface area contributed by atoms with Crippen LogP contribution in [0.15, 0.2) is 53.7 Å². The fourth-order valence-corrected chi connectivity index (χ4v) is 3.64. The third-order valence-corrected chi connectivity index (χ3v) is 5.84. The summed E-state index contributed by atoms with van der Waals surface area (Å²) < 4.78 is 15.6. The van der Waals surface area contributed by atoms with Crippen LogP contribution in [-0.4, -0.2) is 45.4 Å². The minimum Gasteiger partial charge on any atom is -0.351 e. The summed E-state index contributed by atoms with van der Waals surface area (Å²) in [4.78, 5) is 14.3. The molecule has 3 rings (SSSR count). The Morgan fingerprint density at radius 2 is 1.90 bits per heavy atom. The van der Waals surface area contributed by atoms with Crippen LogP contribution in [0.5, 0.6) is 0 Å². The fraction of sp³-hybridized carbons (Fsp3) is 0.286. The molecule has 1 heterocycles. The Labute approximate surface area is 184 Å². The number of nitrogens with zero attached hydrogens (tertiary/aromatic N) is 4. The van der Waals surface area contributed by atoms with E-state index in [1.54, 1.807) is 30.3 Å². The van der Waals surface area contributed by atoms with Gasteiger partial charge in [0.2, 0.25) is 5.91 Å². The molecule has 1 amide bonds. The van der Waals surface area contributed by atoms with Gasteiger partial charge in [0.25, 0.3) is 0 Å². The Morgan fingerprint density at radius 1 is 1.20 bits per heavy atom. The lowest BCUT2D eigenvalue weighted by atomic mass is 10.2. The van der Waals surface area contributed by atoms with Gasteiger partial charge in [-0.25, -0.2) is 4.39 Å². The first-order chi connectivity index (χ1) is 14.4. The van der Waals surface area contributed by atoms with Gasteiger partial charge in [-0.15, -0.1) is 10.2 Å². The minimum absolute atomic E-state index is 0.0115. The van der Waals surface area contributed by atoms with Crippen LogP contribution in [0.3, 0.4) is 0 Å². The van der Waals surface area contributed by atoms with Crippen molar-refractivity contribution >= 4 is 29.3 Å². The average Bonchev–Trinajstić information content (AvgIpc) is 3.15. The van der Waals surface area contributed by atoms with Crippen molar-refractivity contribution in [2.45, 2.75) is 24.7 Å². The second kappa shape index (κ2) is 10.1. The van der Waals surface area contributed by atoms with Gasteiger partial charge in [0.15, 0.2) is 11.0 Å². The lowest BCUT2D eigenvalue weighted by Crippen LogP contribution is -2.25. The Bertz CT molecular complexity index is 1010. The summed E-state index contributed by atoms with van der Waals surface area (Å²) in [6.45, 7) is 2.17. The van der Waals surface area contributed by atoms with Crippen LogP contribution in [-0.2, 0) is 11.3 Å². The number of thioether (sulfide) groups is 1. The number of nitrogens with one attached hydrogen (secondary N) is 1. The number of hydrogen-bond acceptors (Lipinski definition) is 5. The van der Waals surface area contributed by atoms with E-state index < -0.39 is 0 Å². The van der Waals surface area contributed by atoms with E-state index in [4.69, 9.17) is 11.6 Å². The molecule has 0 aliphatic heterocycles. The van der Waals surface area contributed by atoms with E-state index >= 15 is 0 Å². The van der Waals surface area contributed by atoms with Crippen LogP contribution < -0.4 is 5.32 Å². The number of aromatic nitrogens is 3. The molecular formula is C21H23ClFN5OS. The molecular weight excluding hydrogens is 425 g/mol. The van der Waals surface area contributed by atoms with Gasteiger partial charge >= 0.3 is 0 Å². The molecule has 30 heavy (non-hydrogen) atoms. The quantitative estimate of drug-likeness (QED) is 0.527. The zero-order valence-corrected chi connectivity index (χ0v) is 18.5. The molecule has 0 bridgehead atoms. The maximum Gasteiger partial charge on any atom is 0.230 e. The van der Waals surface area contributed by atoms with Crippen molar-refractivity contribution in [3.8, 4) is 5.69 Å². The van der Waals surface area contributed by atoms with Crippen molar-refractivity contribution in [1.29, 1.82) is 0 Å². The zero-order chi connectivity index (χ0) is 21.7. The molecule has 0 saturated heterocycles. The van der Waals surface area contributed by atoms with Crippen molar-refractivity contribution in [2.24, 2.45) is 0 Å². The van der Waals surface area contributed by atoms with E-state index in [1.165, 1.54) is 17.8 Å². The predicted octanol–water partition coefficient (Wildman–Crippen LogP) is 4.09. The third kappa shape index (κ3) is 5.38. The van der Waals surface area contributed by atoms with E-state index in [1.807, 2.05) is 42.6 Å². The second-order valence-electron chi connectivity index (χ2n) is 6.95. The highest BCUT2D eigenvalue weighted by Gasteiger charge is 2.21. The highest BCUT2D eigenvalue weighted by Crippen LogP contribution is 2.27. The molecule has 0 radical (unpaired) electrons. The SMILES string of the molecule is CC(c1nnc(SCC(=O)NCc2ccccc2F)n1-c1ccc(Cl)cc1)N(C)C. The van der Waals surface area contributed by atoms with Crippen LogP contribution in [0.4, 0.5) is 4.39 Å². The van der Waals surface area contributed by atoms with Gasteiger partial charge in [0.1, 0.15) is 5.82 Å². The lowest BCUT2D eigenvalue weighted by Gasteiger charge is -2.20. The Balaban J connectivity index is 1.74. The van der Waals surface area contributed by atoms with E-state index in [9.17, 15) is 9.18 Å². The number of hydrogen-bond donors (Lipinski definition) is 1. The Kier molecular flexibility index (Phi) is 7.47. The molecule has 0 saturated carbocycles. The molecule has 9 heteroatoms. The van der Waals surface area contributed by atoms with Crippen LogP contribution in [0, 0.1) is 5.82 Å². The summed E-state index contributed by atoms with van der Waals surface area (Å²) in [5, 5.41) is 12.6. The van der Waals surface area contributed by atoms with Crippen LogP contribution in [0.25, 0.3) is 5.69 Å². The van der Waals surface area contributed by atoms with Crippen molar-refractivity contribution in [3.05, 3.63) is 70.8 Å².